The topological polar surface area (TPSA) is 79.7 Å². The molecule has 25 heavy (non-hydrogen) atoms. The summed E-state index contributed by atoms with van der Waals surface area (Å²) in [5.74, 6) is 0.865. The largest absolute Gasteiger partial charge is 0.497 e. The lowest BCUT2D eigenvalue weighted by molar-refractivity contribution is 0.415. The van der Waals surface area contributed by atoms with Crippen LogP contribution in [0.25, 0.3) is 22.2 Å². The maximum atomic E-state index is 6.11. The zero-order valence-corrected chi connectivity index (χ0v) is 14.0. The van der Waals surface area contributed by atoms with Crippen LogP contribution in [0, 0.1) is 0 Å². The Balaban J connectivity index is 1.75. The van der Waals surface area contributed by atoms with E-state index in [1.807, 2.05) is 54.7 Å². The lowest BCUT2D eigenvalue weighted by Crippen LogP contribution is -2.14. The maximum absolute atomic E-state index is 6.11. The van der Waals surface area contributed by atoms with Gasteiger partial charge in [0.15, 0.2) is 0 Å². The van der Waals surface area contributed by atoms with E-state index >= 15 is 0 Å². The van der Waals surface area contributed by atoms with Gasteiger partial charge in [-0.1, -0.05) is 30.3 Å². The molecule has 0 aliphatic heterocycles. The third kappa shape index (κ3) is 2.79. The van der Waals surface area contributed by atoms with Crippen LogP contribution in [0.4, 0.5) is 0 Å². The Morgan fingerprint density at radius 3 is 2.72 bits per heavy atom. The van der Waals surface area contributed by atoms with Crippen molar-refractivity contribution in [2.75, 3.05) is 13.7 Å². The SMILES string of the molecule is COc1ccc2[nH]cc(C(CN)c3cc(-c4ccccc4)n[nH]3)c2c1. The summed E-state index contributed by atoms with van der Waals surface area (Å²) < 4.78 is 5.36. The number of hydrogen-bond donors (Lipinski definition) is 3. The molecule has 4 N–H and O–H groups in total. The van der Waals surface area contributed by atoms with Gasteiger partial charge in [-0.2, -0.15) is 5.10 Å². The molecule has 0 fully saturated rings. The fraction of sp³-hybridized carbons (Fsp3) is 0.150. The van der Waals surface area contributed by atoms with Crippen molar-refractivity contribution in [1.82, 2.24) is 15.2 Å². The van der Waals surface area contributed by atoms with E-state index in [4.69, 9.17) is 10.5 Å². The molecule has 1 atom stereocenters. The quantitative estimate of drug-likeness (QED) is 0.522. The zero-order chi connectivity index (χ0) is 17.2. The number of methoxy groups -OCH3 is 1. The average Bonchev–Trinajstić information content (AvgIpc) is 3.31. The molecule has 5 nitrogen and oxygen atoms in total. The van der Waals surface area contributed by atoms with E-state index in [9.17, 15) is 0 Å². The summed E-state index contributed by atoms with van der Waals surface area (Å²) in [6.45, 7) is 0.487. The molecule has 126 valence electrons. The molecule has 2 heterocycles. The van der Waals surface area contributed by atoms with Crippen LogP contribution in [-0.4, -0.2) is 28.8 Å². The van der Waals surface area contributed by atoms with E-state index in [-0.39, 0.29) is 5.92 Å². The predicted octanol–water partition coefficient (Wildman–Crippen LogP) is 3.66. The van der Waals surface area contributed by atoms with E-state index < -0.39 is 0 Å². The number of nitrogens with zero attached hydrogens (tertiary/aromatic N) is 1. The Morgan fingerprint density at radius 2 is 1.96 bits per heavy atom. The Labute approximate surface area is 145 Å². The molecule has 0 bridgehead atoms. The summed E-state index contributed by atoms with van der Waals surface area (Å²) in [7, 11) is 1.68. The Bertz CT molecular complexity index is 987. The Hall–Kier alpha value is -3.05. The molecule has 0 amide bonds. The number of aromatic amines is 2. The number of nitrogens with two attached hydrogens (primary N) is 1. The number of H-pyrrole nitrogens is 2. The minimum Gasteiger partial charge on any atom is -0.497 e. The highest BCUT2D eigenvalue weighted by Gasteiger charge is 2.19. The average molecular weight is 332 g/mol. The molecule has 0 saturated carbocycles. The van der Waals surface area contributed by atoms with Crippen LogP contribution in [0.2, 0.25) is 0 Å². The number of rotatable bonds is 5. The van der Waals surface area contributed by atoms with Crippen LogP contribution in [0.5, 0.6) is 5.75 Å². The third-order valence-electron chi connectivity index (χ3n) is 4.57. The van der Waals surface area contributed by atoms with Gasteiger partial charge in [0.2, 0.25) is 0 Å². The first-order valence-electron chi connectivity index (χ1n) is 8.26. The third-order valence-corrected chi connectivity index (χ3v) is 4.57. The second-order valence-electron chi connectivity index (χ2n) is 6.02. The second-order valence-corrected chi connectivity index (χ2v) is 6.02. The number of ether oxygens (including phenoxy) is 1. The van der Waals surface area contributed by atoms with Gasteiger partial charge < -0.3 is 15.5 Å². The van der Waals surface area contributed by atoms with Gasteiger partial charge >= 0.3 is 0 Å². The van der Waals surface area contributed by atoms with Gasteiger partial charge in [0, 0.05) is 40.8 Å². The fourth-order valence-electron chi connectivity index (χ4n) is 3.23. The monoisotopic (exact) mass is 332 g/mol. The highest BCUT2D eigenvalue weighted by Crippen LogP contribution is 2.32. The van der Waals surface area contributed by atoms with Crippen LogP contribution in [0.1, 0.15) is 17.2 Å². The van der Waals surface area contributed by atoms with E-state index in [0.29, 0.717) is 6.54 Å². The lowest BCUT2D eigenvalue weighted by Gasteiger charge is -2.12. The number of fused-ring (bicyclic) bond motifs is 1. The minimum absolute atomic E-state index is 0.0332. The van der Waals surface area contributed by atoms with Gasteiger partial charge in [-0.3, -0.25) is 5.10 Å². The molecule has 0 saturated heterocycles. The van der Waals surface area contributed by atoms with Crippen LogP contribution >= 0.6 is 0 Å². The van der Waals surface area contributed by atoms with Crippen molar-refractivity contribution in [2.45, 2.75) is 5.92 Å². The van der Waals surface area contributed by atoms with Crippen molar-refractivity contribution >= 4 is 10.9 Å². The van der Waals surface area contributed by atoms with Gasteiger partial charge in [0.05, 0.1) is 12.8 Å². The first-order valence-corrected chi connectivity index (χ1v) is 8.26. The molecule has 4 aromatic rings. The summed E-state index contributed by atoms with van der Waals surface area (Å²) in [5.41, 5.74) is 11.3. The highest BCUT2D eigenvalue weighted by atomic mass is 16.5. The highest BCUT2D eigenvalue weighted by molar-refractivity contribution is 5.85. The van der Waals surface area contributed by atoms with Crippen molar-refractivity contribution in [2.24, 2.45) is 5.73 Å². The number of nitrogens with one attached hydrogen (secondary N) is 2. The van der Waals surface area contributed by atoms with Gasteiger partial charge in [0.25, 0.3) is 0 Å². The Morgan fingerprint density at radius 1 is 1.12 bits per heavy atom. The molecule has 4 rings (SSSR count). The summed E-state index contributed by atoms with van der Waals surface area (Å²) in [6.07, 6.45) is 2.02. The van der Waals surface area contributed by atoms with Gasteiger partial charge in [-0.05, 0) is 29.8 Å². The van der Waals surface area contributed by atoms with Crippen molar-refractivity contribution < 1.29 is 4.74 Å². The molecule has 2 aromatic heterocycles. The summed E-state index contributed by atoms with van der Waals surface area (Å²) in [6, 6.07) is 18.2. The standard InChI is InChI=1S/C20H20N4O/c1-25-14-7-8-18-15(9-14)17(12-22-18)16(11-21)20-10-19(23-24-20)13-5-3-2-4-6-13/h2-10,12,16,22H,11,21H2,1H3,(H,23,24). The summed E-state index contributed by atoms with van der Waals surface area (Å²) >= 11 is 0. The molecule has 5 heteroatoms. The van der Waals surface area contributed by atoms with Gasteiger partial charge in [-0.25, -0.2) is 0 Å². The van der Waals surface area contributed by atoms with Crippen LogP contribution in [0.15, 0.2) is 60.8 Å². The molecule has 1 unspecified atom stereocenters. The number of aromatic nitrogens is 3. The molecule has 0 aliphatic carbocycles. The van der Waals surface area contributed by atoms with E-state index in [1.54, 1.807) is 7.11 Å². The number of benzene rings is 2. The van der Waals surface area contributed by atoms with Crippen molar-refractivity contribution in [3.05, 3.63) is 72.1 Å². The fourth-order valence-corrected chi connectivity index (χ4v) is 3.23. The molecular formula is C20H20N4O. The normalized spacial score (nSPS) is 12.4. The van der Waals surface area contributed by atoms with Crippen LogP contribution < -0.4 is 10.5 Å². The molecule has 2 aromatic carbocycles. The lowest BCUT2D eigenvalue weighted by atomic mass is 9.94. The molecular weight excluding hydrogens is 312 g/mol. The first kappa shape index (κ1) is 15.5. The minimum atomic E-state index is 0.0332. The second kappa shape index (κ2) is 6.45. The van der Waals surface area contributed by atoms with Crippen molar-refractivity contribution in [1.29, 1.82) is 0 Å². The molecule has 0 spiro atoms. The smallest absolute Gasteiger partial charge is 0.119 e. The van der Waals surface area contributed by atoms with Crippen molar-refractivity contribution in [3.63, 3.8) is 0 Å². The van der Waals surface area contributed by atoms with E-state index in [2.05, 4.69) is 21.2 Å². The number of hydrogen-bond acceptors (Lipinski definition) is 3. The maximum Gasteiger partial charge on any atom is 0.119 e. The molecule has 0 aliphatic rings. The van der Waals surface area contributed by atoms with E-state index in [1.165, 1.54) is 0 Å². The predicted molar refractivity (Wildman–Crippen MR) is 99.8 cm³/mol. The molecule has 0 radical (unpaired) electrons. The van der Waals surface area contributed by atoms with Crippen LogP contribution in [-0.2, 0) is 0 Å². The van der Waals surface area contributed by atoms with E-state index in [0.717, 1.165) is 39.2 Å². The summed E-state index contributed by atoms with van der Waals surface area (Å²) in [4.78, 5) is 3.32. The summed E-state index contributed by atoms with van der Waals surface area (Å²) in [5, 5.41) is 8.74. The Kier molecular flexibility index (Phi) is 3.99. The van der Waals surface area contributed by atoms with Gasteiger partial charge in [-0.15, -0.1) is 0 Å². The van der Waals surface area contributed by atoms with Crippen molar-refractivity contribution in [3.8, 4) is 17.0 Å². The van der Waals surface area contributed by atoms with Crippen LogP contribution in [0.3, 0.4) is 0 Å². The zero-order valence-electron chi connectivity index (χ0n) is 14.0. The van der Waals surface area contributed by atoms with Gasteiger partial charge in [0.1, 0.15) is 5.75 Å². The first-order chi connectivity index (χ1) is 12.3.